The summed E-state index contributed by atoms with van der Waals surface area (Å²) in [6, 6.07) is 78.5. The predicted octanol–water partition coefficient (Wildman–Crippen LogP) is 16.4. The van der Waals surface area contributed by atoms with E-state index in [4.69, 9.17) is 0 Å². The number of benzene rings is 9. The summed E-state index contributed by atoms with van der Waals surface area (Å²) in [7, 11) is 0. The molecule has 2 aliphatic carbocycles. The molecule has 2 aliphatic rings. The smallest absolute Gasteiger partial charge is 0.0540 e. The molecule has 1 nitrogen and oxygen atoms in total. The Morgan fingerprint density at radius 2 is 0.754 bits per heavy atom. The quantitative estimate of drug-likeness (QED) is 0.156. The van der Waals surface area contributed by atoms with Gasteiger partial charge in [-0.15, -0.1) is 0 Å². The lowest BCUT2D eigenvalue weighted by Gasteiger charge is -2.30. The van der Waals surface area contributed by atoms with Crippen molar-refractivity contribution in [3.05, 3.63) is 235 Å². The van der Waals surface area contributed by atoms with Crippen LogP contribution in [0, 0.1) is 0 Å². The van der Waals surface area contributed by atoms with Crippen LogP contribution >= 0.6 is 0 Å². The van der Waals surface area contributed by atoms with Crippen molar-refractivity contribution in [2.45, 2.75) is 38.5 Å². The lowest BCUT2D eigenvalue weighted by atomic mass is 9.79. The minimum Gasteiger partial charge on any atom is -0.310 e. The summed E-state index contributed by atoms with van der Waals surface area (Å²) < 4.78 is 0. The summed E-state index contributed by atoms with van der Waals surface area (Å²) in [6.07, 6.45) is 0. The Kier molecular flexibility index (Phi) is 8.58. The van der Waals surface area contributed by atoms with E-state index in [1.165, 1.54) is 89.0 Å². The summed E-state index contributed by atoms with van der Waals surface area (Å²) in [5, 5.41) is 0. The van der Waals surface area contributed by atoms with Crippen LogP contribution < -0.4 is 4.90 Å². The zero-order chi connectivity index (χ0) is 41.3. The summed E-state index contributed by atoms with van der Waals surface area (Å²) in [5.41, 5.74) is 23.7. The molecule has 0 heterocycles. The second-order valence-electron chi connectivity index (χ2n) is 17.7. The molecule has 0 bridgehead atoms. The number of hydrogen-bond donors (Lipinski definition) is 0. The van der Waals surface area contributed by atoms with Crippen LogP contribution in [0.15, 0.2) is 212 Å². The van der Waals surface area contributed by atoms with E-state index in [2.05, 4.69) is 245 Å². The van der Waals surface area contributed by atoms with E-state index in [1.807, 2.05) is 0 Å². The second-order valence-corrected chi connectivity index (χ2v) is 17.7. The molecule has 0 aliphatic heterocycles. The van der Waals surface area contributed by atoms with Crippen molar-refractivity contribution >= 4 is 17.1 Å². The van der Waals surface area contributed by atoms with Gasteiger partial charge >= 0.3 is 0 Å². The second kappa shape index (κ2) is 14.2. The fourth-order valence-corrected chi connectivity index (χ4v) is 10.5. The molecule has 9 aromatic rings. The average Bonchev–Trinajstić information content (AvgIpc) is 3.69. The topological polar surface area (TPSA) is 3.24 Å². The minimum absolute atomic E-state index is 0.102. The van der Waals surface area contributed by atoms with Gasteiger partial charge in [0.2, 0.25) is 0 Å². The first-order chi connectivity index (χ1) is 29.8. The summed E-state index contributed by atoms with van der Waals surface area (Å²) >= 11 is 0. The largest absolute Gasteiger partial charge is 0.310 e. The molecular formula is C60H47N. The number of nitrogens with zero attached hydrogens (tertiary/aromatic N) is 1. The predicted molar refractivity (Wildman–Crippen MR) is 258 cm³/mol. The molecule has 1 heteroatoms. The van der Waals surface area contributed by atoms with Gasteiger partial charge in [0.1, 0.15) is 0 Å². The molecule has 0 unspecified atom stereocenters. The van der Waals surface area contributed by atoms with Gasteiger partial charge in [0.15, 0.2) is 0 Å². The first kappa shape index (κ1) is 36.8. The molecular weight excluding hydrogens is 735 g/mol. The van der Waals surface area contributed by atoms with Crippen LogP contribution in [-0.2, 0) is 10.8 Å². The number of fused-ring (bicyclic) bond motifs is 6. The summed E-state index contributed by atoms with van der Waals surface area (Å²) in [5.74, 6) is 0. The van der Waals surface area contributed by atoms with Gasteiger partial charge in [0.05, 0.1) is 5.69 Å². The average molecular weight is 782 g/mol. The van der Waals surface area contributed by atoms with Gasteiger partial charge in [0.25, 0.3) is 0 Å². The molecule has 0 saturated heterocycles. The van der Waals surface area contributed by atoms with Gasteiger partial charge in [-0.25, -0.2) is 0 Å². The third-order valence-corrected chi connectivity index (χ3v) is 13.5. The maximum Gasteiger partial charge on any atom is 0.0540 e. The molecule has 61 heavy (non-hydrogen) atoms. The minimum atomic E-state index is -0.132. The number of hydrogen-bond acceptors (Lipinski definition) is 1. The van der Waals surface area contributed by atoms with Crippen LogP contribution in [0.5, 0.6) is 0 Å². The van der Waals surface area contributed by atoms with E-state index in [1.54, 1.807) is 0 Å². The fourth-order valence-electron chi connectivity index (χ4n) is 10.5. The van der Waals surface area contributed by atoms with Crippen molar-refractivity contribution in [2.75, 3.05) is 4.90 Å². The van der Waals surface area contributed by atoms with Crippen LogP contribution in [0.4, 0.5) is 17.1 Å². The Hall–Kier alpha value is -7.22. The highest BCUT2D eigenvalue weighted by molar-refractivity contribution is 5.95. The molecule has 0 atom stereocenters. The van der Waals surface area contributed by atoms with Crippen molar-refractivity contribution < 1.29 is 0 Å². The Labute approximate surface area is 360 Å². The Bertz CT molecular complexity index is 3120. The standard InChI is InChI=1S/C60H47N/c1-59(2)54-27-14-11-23-49(54)51-37-35-45(39-56(51)59)61(44-33-30-42(31-34-44)48-25-17-26-52-50-24-12-15-28-55(50)60(3,4)58(48)52)57-29-16-13-22-47(57)43-32-36-46(40-18-7-5-8-19-40)53(38-43)41-20-9-6-10-21-41/h5-39H,1-4H3. The number of para-hydroxylation sites is 1. The molecule has 0 fully saturated rings. The third-order valence-electron chi connectivity index (χ3n) is 13.5. The highest BCUT2D eigenvalue weighted by Gasteiger charge is 2.38. The Morgan fingerprint density at radius 3 is 1.46 bits per heavy atom. The van der Waals surface area contributed by atoms with Crippen LogP contribution in [0.3, 0.4) is 0 Å². The molecule has 292 valence electrons. The Balaban J connectivity index is 1.08. The maximum atomic E-state index is 2.47. The summed E-state index contributed by atoms with van der Waals surface area (Å²) in [4.78, 5) is 2.47. The highest BCUT2D eigenvalue weighted by Crippen LogP contribution is 2.54. The lowest BCUT2D eigenvalue weighted by molar-refractivity contribution is 0.660. The van der Waals surface area contributed by atoms with Crippen LogP contribution in [-0.4, -0.2) is 0 Å². The van der Waals surface area contributed by atoms with E-state index in [9.17, 15) is 0 Å². The molecule has 0 N–H and O–H groups in total. The molecule has 0 spiro atoms. The number of anilines is 3. The lowest BCUT2D eigenvalue weighted by Crippen LogP contribution is -2.17. The van der Waals surface area contributed by atoms with Crippen molar-refractivity contribution in [3.8, 4) is 66.8 Å². The number of rotatable bonds is 7. The van der Waals surface area contributed by atoms with E-state index < -0.39 is 0 Å². The normalized spacial score (nSPS) is 13.8. The molecule has 11 rings (SSSR count). The van der Waals surface area contributed by atoms with Gasteiger partial charge in [-0.3, -0.25) is 0 Å². The molecule has 0 saturated carbocycles. The van der Waals surface area contributed by atoms with Gasteiger partial charge in [-0.2, -0.15) is 0 Å². The maximum absolute atomic E-state index is 2.47. The van der Waals surface area contributed by atoms with E-state index in [0.29, 0.717) is 0 Å². The van der Waals surface area contributed by atoms with Gasteiger partial charge < -0.3 is 4.90 Å². The molecule has 0 radical (unpaired) electrons. The Morgan fingerprint density at radius 1 is 0.279 bits per heavy atom. The van der Waals surface area contributed by atoms with E-state index in [0.717, 1.165) is 17.1 Å². The highest BCUT2D eigenvalue weighted by atomic mass is 15.1. The third kappa shape index (κ3) is 5.91. The summed E-state index contributed by atoms with van der Waals surface area (Å²) in [6.45, 7) is 9.48. The van der Waals surface area contributed by atoms with Crippen molar-refractivity contribution in [2.24, 2.45) is 0 Å². The SMILES string of the molecule is CC1(C)c2ccccc2-c2ccc(N(c3ccc(-c4cccc5c4C(C)(C)c4ccccc4-5)cc3)c3ccccc3-c3ccc(-c4ccccc4)c(-c4ccccc4)c3)cc21. The monoisotopic (exact) mass is 781 g/mol. The fraction of sp³-hybridized carbons (Fsp3) is 0.100. The molecule has 9 aromatic carbocycles. The van der Waals surface area contributed by atoms with Crippen molar-refractivity contribution in [3.63, 3.8) is 0 Å². The van der Waals surface area contributed by atoms with Gasteiger partial charge in [0, 0.05) is 27.8 Å². The first-order valence-electron chi connectivity index (χ1n) is 21.5. The first-order valence-corrected chi connectivity index (χ1v) is 21.5. The van der Waals surface area contributed by atoms with E-state index >= 15 is 0 Å². The molecule has 0 aromatic heterocycles. The van der Waals surface area contributed by atoms with Crippen molar-refractivity contribution in [1.82, 2.24) is 0 Å². The van der Waals surface area contributed by atoms with Crippen molar-refractivity contribution in [1.29, 1.82) is 0 Å². The zero-order valence-electron chi connectivity index (χ0n) is 35.2. The van der Waals surface area contributed by atoms with E-state index in [-0.39, 0.29) is 10.8 Å². The van der Waals surface area contributed by atoms with Gasteiger partial charge in [-0.05, 0) is 120 Å². The van der Waals surface area contributed by atoms with Crippen LogP contribution in [0.25, 0.3) is 66.8 Å². The van der Waals surface area contributed by atoms with Crippen LogP contribution in [0.2, 0.25) is 0 Å². The van der Waals surface area contributed by atoms with Gasteiger partial charge in [-0.1, -0.05) is 204 Å². The zero-order valence-corrected chi connectivity index (χ0v) is 35.2. The molecule has 0 amide bonds. The van der Waals surface area contributed by atoms with Crippen LogP contribution in [0.1, 0.15) is 49.9 Å².